The van der Waals surface area contributed by atoms with E-state index in [-0.39, 0.29) is 5.97 Å². The first-order chi connectivity index (χ1) is 10.3. The highest BCUT2D eigenvalue weighted by Crippen LogP contribution is 2.38. The lowest BCUT2D eigenvalue weighted by atomic mass is 9.95. The van der Waals surface area contributed by atoms with E-state index in [4.69, 9.17) is 9.47 Å². The van der Waals surface area contributed by atoms with E-state index in [1.54, 1.807) is 23.4 Å². The number of pyridine rings is 1. The Morgan fingerprint density at radius 2 is 2.09 bits per heavy atom. The quantitative estimate of drug-likeness (QED) is 0.785. The highest BCUT2D eigenvalue weighted by Gasteiger charge is 2.44. The number of hydrogen-bond donors (Lipinski definition) is 0. The topological polar surface area (TPSA) is 68.7 Å². The van der Waals surface area contributed by atoms with Crippen molar-refractivity contribution in [1.82, 2.24) is 9.88 Å². The highest BCUT2D eigenvalue weighted by molar-refractivity contribution is 5.77. The van der Waals surface area contributed by atoms with Crippen LogP contribution in [0.25, 0.3) is 0 Å². The number of amides is 1. The SMILES string of the molecule is COC(=O)C1CCN(C(=O)OC(C)(C)C)C1c1cccnc1. The molecule has 0 aliphatic carbocycles. The number of methoxy groups -OCH3 is 1. The van der Waals surface area contributed by atoms with Gasteiger partial charge in [-0.15, -0.1) is 0 Å². The van der Waals surface area contributed by atoms with E-state index >= 15 is 0 Å². The second-order valence-electron chi connectivity index (χ2n) is 6.32. The fourth-order valence-electron chi connectivity index (χ4n) is 2.68. The third-order valence-corrected chi connectivity index (χ3v) is 3.56. The lowest BCUT2D eigenvalue weighted by Crippen LogP contribution is -2.38. The summed E-state index contributed by atoms with van der Waals surface area (Å²) in [6.07, 6.45) is 3.45. The van der Waals surface area contributed by atoms with Crippen molar-refractivity contribution in [1.29, 1.82) is 0 Å². The van der Waals surface area contributed by atoms with Gasteiger partial charge in [-0.2, -0.15) is 0 Å². The van der Waals surface area contributed by atoms with Crippen LogP contribution in [-0.4, -0.2) is 41.2 Å². The van der Waals surface area contributed by atoms with Gasteiger partial charge in [-0.05, 0) is 38.8 Å². The zero-order valence-electron chi connectivity index (χ0n) is 13.4. The van der Waals surface area contributed by atoms with Gasteiger partial charge < -0.3 is 14.4 Å². The van der Waals surface area contributed by atoms with Crippen LogP contribution >= 0.6 is 0 Å². The van der Waals surface area contributed by atoms with Crippen LogP contribution in [-0.2, 0) is 14.3 Å². The second kappa shape index (κ2) is 6.34. The number of hydrogen-bond acceptors (Lipinski definition) is 5. The van der Waals surface area contributed by atoms with Gasteiger partial charge in [-0.3, -0.25) is 9.78 Å². The first kappa shape index (κ1) is 16.3. The van der Waals surface area contributed by atoms with Gasteiger partial charge in [0.25, 0.3) is 0 Å². The summed E-state index contributed by atoms with van der Waals surface area (Å²) >= 11 is 0. The molecule has 2 rings (SSSR count). The molecule has 0 spiro atoms. The van der Waals surface area contributed by atoms with Gasteiger partial charge in [0.2, 0.25) is 0 Å². The van der Waals surface area contributed by atoms with Gasteiger partial charge >= 0.3 is 12.1 Å². The molecule has 0 bridgehead atoms. The van der Waals surface area contributed by atoms with Crippen LogP contribution in [0.5, 0.6) is 0 Å². The van der Waals surface area contributed by atoms with E-state index in [1.807, 2.05) is 26.8 Å². The van der Waals surface area contributed by atoms with Crippen LogP contribution in [0, 0.1) is 5.92 Å². The molecule has 22 heavy (non-hydrogen) atoms. The monoisotopic (exact) mass is 306 g/mol. The molecule has 0 N–H and O–H groups in total. The Morgan fingerprint density at radius 1 is 1.36 bits per heavy atom. The van der Waals surface area contributed by atoms with Crippen LogP contribution in [0.4, 0.5) is 4.79 Å². The van der Waals surface area contributed by atoms with Crippen molar-refractivity contribution >= 4 is 12.1 Å². The molecule has 0 aromatic carbocycles. The molecule has 1 aromatic rings. The lowest BCUT2D eigenvalue weighted by Gasteiger charge is -2.30. The van der Waals surface area contributed by atoms with E-state index < -0.39 is 23.7 Å². The van der Waals surface area contributed by atoms with E-state index in [0.29, 0.717) is 13.0 Å². The van der Waals surface area contributed by atoms with Crippen LogP contribution in [0.3, 0.4) is 0 Å². The molecule has 2 heterocycles. The third kappa shape index (κ3) is 3.55. The number of likely N-dealkylation sites (tertiary alicyclic amines) is 1. The number of carbonyl (C=O) groups excluding carboxylic acids is 2. The molecule has 1 fully saturated rings. The van der Waals surface area contributed by atoms with Crippen molar-refractivity contribution in [2.24, 2.45) is 5.92 Å². The Hall–Kier alpha value is -2.11. The minimum atomic E-state index is -0.583. The zero-order valence-corrected chi connectivity index (χ0v) is 13.4. The van der Waals surface area contributed by atoms with Crippen LogP contribution in [0.1, 0.15) is 38.8 Å². The molecule has 0 saturated carbocycles. The number of aromatic nitrogens is 1. The Kier molecular flexibility index (Phi) is 4.68. The molecule has 2 atom stereocenters. The summed E-state index contributed by atoms with van der Waals surface area (Å²) in [5.41, 5.74) is 0.223. The number of nitrogens with zero attached hydrogens (tertiary/aromatic N) is 2. The second-order valence-corrected chi connectivity index (χ2v) is 6.32. The third-order valence-electron chi connectivity index (χ3n) is 3.56. The molecule has 120 valence electrons. The average Bonchev–Trinajstić information content (AvgIpc) is 2.90. The maximum Gasteiger partial charge on any atom is 0.410 e. The fourth-order valence-corrected chi connectivity index (χ4v) is 2.68. The van der Waals surface area contributed by atoms with E-state index in [1.165, 1.54) is 7.11 Å². The van der Waals surface area contributed by atoms with Gasteiger partial charge in [-0.1, -0.05) is 6.07 Å². The number of esters is 1. The molecule has 0 radical (unpaired) electrons. The van der Waals surface area contributed by atoms with Crippen molar-refractivity contribution < 1.29 is 19.1 Å². The molecule has 1 aliphatic heterocycles. The van der Waals surface area contributed by atoms with Gasteiger partial charge in [0.1, 0.15) is 5.60 Å². The predicted molar refractivity (Wildman–Crippen MR) is 80.0 cm³/mol. The Morgan fingerprint density at radius 3 is 2.64 bits per heavy atom. The summed E-state index contributed by atoms with van der Waals surface area (Å²) in [4.78, 5) is 30.1. The minimum absolute atomic E-state index is 0.320. The van der Waals surface area contributed by atoms with E-state index in [2.05, 4.69) is 4.98 Å². The maximum absolute atomic E-state index is 12.4. The summed E-state index contributed by atoms with van der Waals surface area (Å²) in [7, 11) is 1.36. The first-order valence-electron chi connectivity index (χ1n) is 7.31. The first-order valence-corrected chi connectivity index (χ1v) is 7.31. The standard InChI is InChI=1S/C16H22N2O4/c1-16(2,3)22-15(20)18-9-7-12(14(19)21-4)13(18)11-6-5-8-17-10-11/h5-6,8,10,12-13H,7,9H2,1-4H3. The van der Waals surface area contributed by atoms with Crippen molar-refractivity contribution in [3.8, 4) is 0 Å². The minimum Gasteiger partial charge on any atom is -0.469 e. The molecular weight excluding hydrogens is 284 g/mol. The van der Waals surface area contributed by atoms with Crippen LogP contribution in [0.15, 0.2) is 24.5 Å². The van der Waals surface area contributed by atoms with Crippen molar-refractivity contribution in [3.63, 3.8) is 0 Å². The zero-order chi connectivity index (χ0) is 16.3. The smallest absolute Gasteiger partial charge is 0.410 e. The summed E-state index contributed by atoms with van der Waals surface area (Å²) < 4.78 is 10.3. The Balaban J connectivity index is 2.29. The Labute approximate surface area is 130 Å². The molecular formula is C16H22N2O4. The van der Waals surface area contributed by atoms with Crippen LogP contribution in [0.2, 0.25) is 0 Å². The summed E-state index contributed by atoms with van der Waals surface area (Å²) in [5, 5.41) is 0. The summed E-state index contributed by atoms with van der Waals surface area (Å²) in [6.45, 7) is 5.90. The molecule has 6 heteroatoms. The van der Waals surface area contributed by atoms with E-state index in [9.17, 15) is 9.59 Å². The normalized spacial score (nSPS) is 21.5. The van der Waals surface area contributed by atoms with Crippen LogP contribution < -0.4 is 0 Å². The maximum atomic E-state index is 12.4. The Bertz CT molecular complexity index is 539. The van der Waals surface area contributed by atoms with Crippen molar-refractivity contribution in [3.05, 3.63) is 30.1 Å². The van der Waals surface area contributed by atoms with Gasteiger partial charge in [0.15, 0.2) is 0 Å². The summed E-state index contributed by atoms with van der Waals surface area (Å²) in [6, 6.07) is 3.24. The van der Waals surface area contributed by atoms with Gasteiger partial charge in [0, 0.05) is 18.9 Å². The molecule has 2 unspecified atom stereocenters. The molecule has 1 aromatic heterocycles. The van der Waals surface area contributed by atoms with Gasteiger partial charge in [0.05, 0.1) is 19.1 Å². The van der Waals surface area contributed by atoms with Gasteiger partial charge in [-0.25, -0.2) is 4.79 Å². The highest BCUT2D eigenvalue weighted by atomic mass is 16.6. The molecule has 1 saturated heterocycles. The lowest BCUT2D eigenvalue weighted by molar-refractivity contribution is -0.146. The largest absolute Gasteiger partial charge is 0.469 e. The summed E-state index contributed by atoms with van der Waals surface area (Å²) in [5.74, 6) is -0.721. The fraction of sp³-hybridized carbons (Fsp3) is 0.562. The predicted octanol–water partition coefficient (Wildman–Crippen LogP) is 2.55. The number of ether oxygens (including phenoxy) is 2. The van der Waals surface area contributed by atoms with Crippen molar-refractivity contribution in [2.45, 2.75) is 38.8 Å². The van der Waals surface area contributed by atoms with E-state index in [0.717, 1.165) is 5.56 Å². The number of carbonyl (C=O) groups is 2. The molecule has 1 amide bonds. The molecule has 1 aliphatic rings. The number of rotatable bonds is 2. The average molecular weight is 306 g/mol. The molecule has 6 nitrogen and oxygen atoms in total. The van der Waals surface area contributed by atoms with Crippen molar-refractivity contribution in [2.75, 3.05) is 13.7 Å².